The molecule has 21 heavy (non-hydrogen) atoms. The zero-order valence-corrected chi connectivity index (χ0v) is 11.0. The van der Waals surface area contributed by atoms with Gasteiger partial charge in [-0.05, 0) is 18.2 Å². The summed E-state index contributed by atoms with van der Waals surface area (Å²) in [6.45, 7) is 0.218. The number of non-ortho nitro benzene ring substituents is 1. The van der Waals surface area contributed by atoms with Gasteiger partial charge in [0.15, 0.2) is 0 Å². The molecule has 1 heterocycles. The minimum atomic E-state index is -1.03. The van der Waals surface area contributed by atoms with Crippen molar-refractivity contribution in [3.63, 3.8) is 0 Å². The van der Waals surface area contributed by atoms with Gasteiger partial charge in [0.1, 0.15) is 12.1 Å². The Morgan fingerprint density at radius 1 is 1.43 bits per heavy atom. The Hall–Kier alpha value is -2.74. The maximum absolute atomic E-state index is 11.0. The fourth-order valence-corrected chi connectivity index (χ4v) is 1.88. The lowest BCUT2D eigenvalue weighted by molar-refractivity contribution is -0.383. The van der Waals surface area contributed by atoms with Gasteiger partial charge in [0.05, 0.1) is 22.6 Å². The SMILES string of the molecule is O=C(O)COCCNc1ccc([N+](=O)[O-])c2cccnc12. The number of nitrogens with one attached hydrogen (secondary N) is 1. The number of nitro benzene ring substituents is 1. The molecule has 2 rings (SSSR count). The van der Waals surface area contributed by atoms with Crippen molar-refractivity contribution < 1.29 is 19.6 Å². The second-order valence-corrected chi connectivity index (χ2v) is 4.16. The molecule has 8 heteroatoms. The summed E-state index contributed by atoms with van der Waals surface area (Å²) in [7, 11) is 0. The number of rotatable bonds is 7. The van der Waals surface area contributed by atoms with Gasteiger partial charge in [-0.3, -0.25) is 15.1 Å². The zero-order chi connectivity index (χ0) is 15.2. The van der Waals surface area contributed by atoms with E-state index in [1.807, 2.05) is 0 Å². The van der Waals surface area contributed by atoms with Crippen LogP contribution in [-0.4, -0.2) is 40.7 Å². The molecule has 0 fully saturated rings. The van der Waals surface area contributed by atoms with Gasteiger partial charge in [-0.15, -0.1) is 0 Å². The highest BCUT2D eigenvalue weighted by molar-refractivity contribution is 5.96. The van der Waals surface area contributed by atoms with Gasteiger partial charge in [-0.25, -0.2) is 4.79 Å². The highest BCUT2D eigenvalue weighted by Gasteiger charge is 2.14. The highest BCUT2D eigenvalue weighted by Crippen LogP contribution is 2.29. The van der Waals surface area contributed by atoms with E-state index in [1.54, 1.807) is 24.4 Å². The van der Waals surface area contributed by atoms with Gasteiger partial charge in [0, 0.05) is 18.8 Å². The molecular formula is C13H13N3O5. The summed E-state index contributed by atoms with van der Waals surface area (Å²) in [4.78, 5) is 25.0. The van der Waals surface area contributed by atoms with Crippen LogP contribution in [0.25, 0.3) is 10.9 Å². The fourth-order valence-electron chi connectivity index (χ4n) is 1.88. The number of benzene rings is 1. The molecule has 0 radical (unpaired) electrons. The lowest BCUT2D eigenvalue weighted by Crippen LogP contribution is -2.14. The number of fused-ring (bicyclic) bond motifs is 1. The standard InChI is InChI=1S/C13H13N3O5/c17-12(18)8-21-7-6-14-10-3-4-11(16(19)20)9-2-1-5-15-13(9)10/h1-5,14H,6-8H2,(H,17,18). The molecule has 1 aromatic carbocycles. The number of carboxylic acids is 1. The average Bonchev–Trinajstić information content (AvgIpc) is 2.46. The lowest BCUT2D eigenvalue weighted by Gasteiger charge is -2.09. The second-order valence-electron chi connectivity index (χ2n) is 4.16. The highest BCUT2D eigenvalue weighted by atomic mass is 16.6. The number of carboxylic acid groups (broad SMARTS) is 1. The molecule has 110 valence electrons. The second kappa shape index (κ2) is 6.62. The van der Waals surface area contributed by atoms with Crippen molar-refractivity contribution in [3.8, 4) is 0 Å². The minimum Gasteiger partial charge on any atom is -0.480 e. The lowest BCUT2D eigenvalue weighted by atomic mass is 10.1. The molecule has 0 spiro atoms. The molecule has 0 aliphatic carbocycles. The molecule has 0 saturated carbocycles. The van der Waals surface area contributed by atoms with Gasteiger partial charge in [0.2, 0.25) is 0 Å². The number of hydrogen-bond donors (Lipinski definition) is 2. The summed E-state index contributed by atoms with van der Waals surface area (Å²) < 4.78 is 4.90. The maximum Gasteiger partial charge on any atom is 0.329 e. The number of carbonyl (C=O) groups is 1. The van der Waals surface area contributed by atoms with E-state index >= 15 is 0 Å². The number of aromatic nitrogens is 1. The minimum absolute atomic E-state index is 0.00854. The van der Waals surface area contributed by atoms with E-state index in [0.717, 1.165) is 0 Å². The summed E-state index contributed by atoms with van der Waals surface area (Å²) in [6, 6.07) is 6.25. The van der Waals surface area contributed by atoms with Crippen molar-refractivity contribution in [1.82, 2.24) is 4.98 Å². The predicted molar refractivity (Wildman–Crippen MR) is 75.3 cm³/mol. The first-order valence-corrected chi connectivity index (χ1v) is 6.15. The van der Waals surface area contributed by atoms with Crippen LogP contribution in [0, 0.1) is 10.1 Å². The van der Waals surface area contributed by atoms with E-state index in [0.29, 0.717) is 23.1 Å². The van der Waals surface area contributed by atoms with Gasteiger partial charge >= 0.3 is 5.97 Å². The molecule has 2 aromatic rings. The first-order valence-electron chi connectivity index (χ1n) is 6.15. The number of aliphatic carboxylic acids is 1. The Morgan fingerprint density at radius 3 is 2.95 bits per heavy atom. The number of anilines is 1. The Bertz CT molecular complexity index is 674. The summed E-state index contributed by atoms with van der Waals surface area (Å²) in [5.74, 6) is -1.03. The smallest absolute Gasteiger partial charge is 0.329 e. The molecule has 0 bridgehead atoms. The number of ether oxygens (including phenoxy) is 1. The number of pyridine rings is 1. The first kappa shape index (κ1) is 14.7. The predicted octanol–water partition coefficient (Wildman–Crippen LogP) is 1.66. The third-order valence-corrected chi connectivity index (χ3v) is 2.73. The van der Waals surface area contributed by atoms with Gasteiger partial charge in [-0.2, -0.15) is 0 Å². The molecule has 0 aliphatic rings. The summed E-state index contributed by atoms with van der Waals surface area (Å²) in [5, 5.41) is 22.9. The number of nitrogens with zero attached hydrogens (tertiary/aromatic N) is 2. The third kappa shape index (κ3) is 3.63. The summed E-state index contributed by atoms with van der Waals surface area (Å²) in [6.07, 6.45) is 1.55. The van der Waals surface area contributed by atoms with Crippen LogP contribution in [0.3, 0.4) is 0 Å². The zero-order valence-electron chi connectivity index (χ0n) is 11.0. The van der Waals surface area contributed by atoms with Crippen LogP contribution in [-0.2, 0) is 9.53 Å². The number of nitro groups is 1. The molecule has 0 aliphatic heterocycles. The van der Waals surface area contributed by atoms with E-state index in [-0.39, 0.29) is 18.9 Å². The molecule has 2 N–H and O–H groups in total. The third-order valence-electron chi connectivity index (χ3n) is 2.73. The van der Waals surface area contributed by atoms with Gasteiger partial charge in [-0.1, -0.05) is 0 Å². The average molecular weight is 291 g/mol. The Morgan fingerprint density at radius 2 is 2.24 bits per heavy atom. The molecule has 0 atom stereocenters. The monoisotopic (exact) mass is 291 g/mol. The molecule has 0 saturated heterocycles. The molecular weight excluding hydrogens is 278 g/mol. The van der Waals surface area contributed by atoms with Crippen LogP contribution in [0.4, 0.5) is 11.4 Å². The van der Waals surface area contributed by atoms with Crippen molar-refractivity contribution in [2.24, 2.45) is 0 Å². The van der Waals surface area contributed by atoms with Crippen LogP contribution >= 0.6 is 0 Å². The van der Waals surface area contributed by atoms with Crippen molar-refractivity contribution in [2.75, 3.05) is 25.1 Å². The molecule has 1 aromatic heterocycles. The Balaban J connectivity index is 2.12. The van der Waals surface area contributed by atoms with Gasteiger partial charge in [0.25, 0.3) is 5.69 Å². The fraction of sp³-hybridized carbons (Fsp3) is 0.231. The van der Waals surface area contributed by atoms with Gasteiger partial charge < -0.3 is 15.2 Å². The summed E-state index contributed by atoms with van der Waals surface area (Å²) in [5.41, 5.74) is 1.12. The van der Waals surface area contributed by atoms with E-state index in [1.165, 1.54) is 6.07 Å². The van der Waals surface area contributed by atoms with Crippen molar-refractivity contribution in [2.45, 2.75) is 0 Å². The van der Waals surface area contributed by atoms with Crippen molar-refractivity contribution >= 4 is 28.2 Å². The molecule has 0 unspecified atom stereocenters. The van der Waals surface area contributed by atoms with E-state index in [9.17, 15) is 14.9 Å². The Labute approximate surface area is 119 Å². The van der Waals surface area contributed by atoms with Crippen LogP contribution in [0.1, 0.15) is 0 Å². The van der Waals surface area contributed by atoms with Crippen LogP contribution in [0.5, 0.6) is 0 Å². The van der Waals surface area contributed by atoms with Crippen molar-refractivity contribution in [1.29, 1.82) is 0 Å². The van der Waals surface area contributed by atoms with Crippen LogP contribution < -0.4 is 5.32 Å². The first-order chi connectivity index (χ1) is 10.1. The normalized spacial score (nSPS) is 10.5. The maximum atomic E-state index is 11.0. The van der Waals surface area contributed by atoms with E-state index in [4.69, 9.17) is 9.84 Å². The molecule has 8 nitrogen and oxygen atoms in total. The quantitative estimate of drug-likeness (QED) is 0.453. The number of hydrogen-bond acceptors (Lipinski definition) is 6. The van der Waals surface area contributed by atoms with E-state index in [2.05, 4.69) is 10.3 Å². The topological polar surface area (TPSA) is 115 Å². The summed E-state index contributed by atoms with van der Waals surface area (Å²) >= 11 is 0. The van der Waals surface area contributed by atoms with Crippen molar-refractivity contribution in [3.05, 3.63) is 40.6 Å². The molecule has 0 amide bonds. The Kier molecular flexibility index (Phi) is 4.62. The van der Waals surface area contributed by atoms with E-state index < -0.39 is 10.9 Å². The van der Waals surface area contributed by atoms with Crippen LogP contribution in [0.2, 0.25) is 0 Å². The van der Waals surface area contributed by atoms with Crippen LogP contribution in [0.15, 0.2) is 30.5 Å². The largest absolute Gasteiger partial charge is 0.480 e.